The van der Waals surface area contributed by atoms with E-state index in [1.54, 1.807) is 12.1 Å². The molecule has 0 atom stereocenters. The summed E-state index contributed by atoms with van der Waals surface area (Å²) in [5, 5.41) is 3.22. The fourth-order valence-corrected chi connectivity index (χ4v) is 2.85. The lowest BCUT2D eigenvalue weighted by Gasteiger charge is -2.11. The Morgan fingerprint density at radius 1 is 1.11 bits per heavy atom. The average molecular weight is 411 g/mol. The number of anilines is 1. The molecule has 1 N–H and O–H groups in total. The van der Waals surface area contributed by atoms with Crippen LogP contribution in [-0.2, 0) is 6.54 Å². The molecule has 0 spiro atoms. The molecular formula is C13H8Br2ClF2N. The Morgan fingerprint density at radius 2 is 1.84 bits per heavy atom. The summed E-state index contributed by atoms with van der Waals surface area (Å²) in [4.78, 5) is 0. The van der Waals surface area contributed by atoms with Gasteiger partial charge in [0.1, 0.15) is 11.6 Å². The smallest absolute Gasteiger partial charge is 0.129 e. The van der Waals surface area contributed by atoms with Crippen molar-refractivity contribution >= 4 is 49.1 Å². The predicted molar refractivity (Wildman–Crippen MR) is 80.5 cm³/mol. The Bertz CT molecular complexity index is 597. The Labute approximate surface area is 131 Å². The third kappa shape index (κ3) is 3.68. The standard InChI is InChI=1S/C13H8Br2ClF2N/c14-8-2-1-7(12(18)3-8)6-19-13-10(15)4-9(17)5-11(13)16/h1-5,19H,6H2. The lowest BCUT2D eigenvalue weighted by Crippen LogP contribution is -2.03. The molecule has 2 rings (SSSR count). The van der Waals surface area contributed by atoms with Crippen LogP contribution in [0.3, 0.4) is 0 Å². The molecule has 100 valence electrons. The van der Waals surface area contributed by atoms with Gasteiger partial charge in [0.05, 0.1) is 10.7 Å². The maximum Gasteiger partial charge on any atom is 0.129 e. The second-order valence-electron chi connectivity index (χ2n) is 3.83. The van der Waals surface area contributed by atoms with Gasteiger partial charge in [0.2, 0.25) is 0 Å². The van der Waals surface area contributed by atoms with Gasteiger partial charge in [-0.1, -0.05) is 33.6 Å². The van der Waals surface area contributed by atoms with Crippen LogP contribution in [-0.4, -0.2) is 0 Å². The summed E-state index contributed by atoms with van der Waals surface area (Å²) in [7, 11) is 0. The van der Waals surface area contributed by atoms with E-state index in [9.17, 15) is 8.78 Å². The van der Waals surface area contributed by atoms with Crippen molar-refractivity contribution in [3.8, 4) is 0 Å². The van der Waals surface area contributed by atoms with Gasteiger partial charge in [-0.3, -0.25) is 0 Å². The molecule has 0 bridgehead atoms. The van der Waals surface area contributed by atoms with Crippen molar-refractivity contribution in [1.29, 1.82) is 0 Å². The summed E-state index contributed by atoms with van der Waals surface area (Å²) < 4.78 is 27.9. The molecule has 1 nitrogen and oxygen atoms in total. The summed E-state index contributed by atoms with van der Waals surface area (Å²) in [6, 6.07) is 7.30. The van der Waals surface area contributed by atoms with E-state index in [0.29, 0.717) is 20.2 Å². The van der Waals surface area contributed by atoms with E-state index in [2.05, 4.69) is 37.2 Å². The van der Waals surface area contributed by atoms with E-state index in [1.165, 1.54) is 18.2 Å². The van der Waals surface area contributed by atoms with Gasteiger partial charge in [-0.15, -0.1) is 0 Å². The normalized spacial score (nSPS) is 10.6. The minimum Gasteiger partial charge on any atom is -0.379 e. The van der Waals surface area contributed by atoms with Crippen molar-refractivity contribution in [3.05, 3.63) is 61.5 Å². The largest absolute Gasteiger partial charge is 0.379 e. The fourth-order valence-electron chi connectivity index (χ4n) is 1.56. The molecule has 6 heteroatoms. The van der Waals surface area contributed by atoms with Crippen LogP contribution in [0.1, 0.15) is 5.56 Å². The Hall–Kier alpha value is -0.650. The van der Waals surface area contributed by atoms with Crippen molar-refractivity contribution < 1.29 is 8.78 Å². The van der Waals surface area contributed by atoms with Gasteiger partial charge >= 0.3 is 0 Å². The van der Waals surface area contributed by atoms with Crippen LogP contribution in [0.5, 0.6) is 0 Å². The van der Waals surface area contributed by atoms with Gasteiger partial charge in [0.25, 0.3) is 0 Å². The second kappa shape index (κ2) is 6.20. The minimum atomic E-state index is -0.433. The number of halogens is 5. The van der Waals surface area contributed by atoms with Gasteiger partial charge in [-0.05, 0) is 40.2 Å². The fraction of sp³-hybridized carbons (Fsp3) is 0.0769. The number of hydrogen-bond donors (Lipinski definition) is 1. The molecule has 0 amide bonds. The number of hydrogen-bond acceptors (Lipinski definition) is 1. The van der Waals surface area contributed by atoms with Crippen molar-refractivity contribution in [1.82, 2.24) is 0 Å². The molecular weight excluding hydrogens is 403 g/mol. The highest BCUT2D eigenvalue weighted by atomic mass is 79.9. The van der Waals surface area contributed by atoms with E-state index in [0.717, 1.165) is 0 Å². The minimum absolute atomic E-state index is 0.240. The zero-order chi connectivity index (χ0) is 14.0. The first-order valence-electron chi connectivity index (χ1n) is 5.29. The first-order chi connectivity index (χ1) is 8.97. The molecule has 0 aliphatic heterocycles. The highest BCUT2D eigenvalue weighted by molar-refractivity contribution is 9.10. The topological polar surface area (TPSA) is 12.0 Å². The van der Waals surface area contributed by atoms with Gasteiger partial charge in [0.15, 0.2) is 0 Å². The van der Waals surface area contributed by atoms with Crippen LogP contribution in [0.15, 0.2) is 39.3 Å². The summed E-state index contributed by atoms with van der Waals surface area (Å²) in [5.74, 6) is -0.756. The third-order valence-corrected chi connectivity index (χ3v) is 3.89. The van der Waals surface area contributed by atoms with E-state index in [-0.39, 0.29) is 17.4 Å². The van der Waals surface area contributed by atoms with Crippen molar-refractivity contribution in [3.63, 3.8) is 0 Å². The van der Waals surface area contributed by atoms with Crippen LogP contribution in [0.25, 0.3) is 0 Å². The Balaban J connectivity index is 2.19. The highest BCUT2D eigenvalue weighted by Gasteiger charge is 2.09. The van der Waals surface area contributed by atoms with Crippen molar-refractivity contribution in [2.24, 2.45) is 0 Å². The number of rotatable bonds is 3. The van der Waals surface area contributed by atoms with Crippen molar-refractivity contribution in [2.45, 2.75) is 6.54 Å². The Kier molecular flexibility index (Phi) is 4.81. The molecule has 0 saturated heterocycles. The number of benzene rings is 2. The zero-order valence-corrected chi connectivity index (χ0v) is 13.4. The lowest BCUT2D eigenvalue weighted by atomic mass is 10.2. The van der Waals surface area contributed by atoms with Gasteiger partial charge in [-0.25, -0.2) is 8.78 Å². The molecule has 0 saturated carbocycles. The van der Waals surface area contributed by atoms with E-state index >= 15 is 0 Å². The lowest BCUT2D eigenvalue weighted by molar-refractivity contribution is 0.612. The maximum atomic E-state index is 13.6. The second-order valence-corrected chi connectivity index (χ2v) is 6.01. The maximum absolute atomic E-state index is 13.6. The average Bonchev–Trinajstić information content (AvgIpc) is 2.30. The summed E-state index contributed by atoms with van der Waals surface area (Å²) in [6.07, 6.45) is 0. The van der Waals surface area contributed by atoms with Crippen LogP contribution in [0.4, 0.5) is 14.5 Å². The number of nitrogens with one attached hydrogen (secondary N) is 1. The van der Waals surface area contributed by atoms with Crippen LogP contribution < -0.4 is 5.32 Å². The first-order valence-corrected chi connectivity index (χ1v) is 7.26. The summed E-state index contributed by atoms with van der Waals surface area (Å²) >= 11 is 12.3. The van der Waals surface area contributed by atoms with E-state index in [1.807, 2.05) is 0 Å². The molecule has 0 heterocycles. The highest BCUT2D eigenvalue weighted by Crippen LogP contribution is 2.32. The van der Waals surface area contributed by atoms with Gasteiger partial charge in [-0.2, -0.15) is 0 Å². The molecule has 0 unspecified atom stereocenters. The van der Waals surface area contributed by atoms with E-state index < -0.39 is 5.82 Å². The zero-order valence-electron chi connectivity index (χ0n) is 9.48. The predicted octanol–water partition coefficient (Wildman–Crippen LogP) is 5.76. The SMILES string of the molecule is Fc1cc(Cl)c(NCc2ccc(Br)cc2F)c(Br)c1. The third-order valence-electron chi connectivity index (χ3n) is 2.48. The molecule has 0 aliphatic rings. The molecule has 2 aromatic carbocycles. The molecule has 2 aromatic rings. The quantitative estimate of drug-likeness (QED) is 0.678. The molecule has 0 radical (unpaired) electrons. The molecule has 0 fully saturated rings. The summed E-state index contributed by atoms with van der Waals surface area (Å²) in [5.41, 5.74) is 1.03. The molecule has 19 heavy (non-hydrogen) atoms. The monoisotopic (exact) mass is 409 g/mol. The molecule has 0 aromatic heterocycles. The van der Waals surface area contributed by atoms with Gasteiger partial charge < -0.3 is 5.32 Å². The van der Waals surface area contributed by atoms with Crippen LogP contribution >= 0.6 is 43.5 Å². The first kappa shape index (κ1) is 14.8. The van der Waals surface area contributed by atoms with Crippen LogP contribution in [0, 0.1) is 11.6 Å². The van der Waals surface area contributed by atoms with Crippen molar-refractivity contribution in [2.75, 3.05) is 5.32 Å². The van der Waals surface area contributed by atoms with Gasteiger partial charge in [0, 0.05) is 21.1 Å². The van der Waals surface area contributed by atoms with Crippen LogP contribution in [0.2, 0.25) is 5.02 Å². The van der Waals surface area contributed by atoms with E-state index in [4.69, 9.17) is 11.6 Å². The Morgan fingerprint density at radius 3 is 2.47 bits per heavy atom. The molecule has 0 aliphatic carbocycles. The summed E-state index contributed by atoms with van der Waals surface area (Å²) in [6.45, 7) is 0.253.